The first-order valence-corrected chi connectivity index (χ1v) is 13.7. The molecule has 1 aliphatic heterocycles. The van der Waals surface area contributed by atoms with Gasteiger partial charge < -0.3 is 20.1 Å². The third-order valence-electron chi connectivity index (χ3n) is 7.51. The first-order chi connectivity index (χ1) is 18.7. The SMILES string of the molecule is Cc1cc(N2C(=S)NC(c3ccccn3)C2c2cc(C)n(-c3ccccc3C)c2C)ccc1NC(=O)C(C)C. The van der Waals surface area contributed by atoms with Gasteiger partial charge in [-0.1, -0.05) is 38.1 Å². The second-order valence-corrected chi connectivity index (χ2v) is 11.0. The molecule has 200 valence electrons. The summed E-state index contributed by atoms with van der Waals surface area (Å²) in [6.45, 7) is 12.3. The van der Waals surface area contributed by atoms with E-state index in [0.29, 0.717) is 5.11 Å². The molecule has 2 atom stereocenters. The number of aromatic nitrogens is 2. The summed E-state index contributed by atoms with van der Waals surface area (Å²) in [6.07, 6.45) is 1.83. The van der Waals surface area contributed by atoms with E-state index in [0.717, 1.165) is 28.3 Å². The van der Waals surface area contributed by atoms with Gasteiger partial charge in [-0.3, -0.25) is 9.78 Å². The number of hydrogen-bond donors (Lipinski definition) is 2. The molecule has 1 saturated heterocycles. The second kappa shape index (κ2) is 10.7. The summed E-state index contributed by atoms with van der Waals surface area (Å²) in [5.74, 6) is -0.0904. The first-order valence-electron chi connectivity index (χ1n) is 13.3. The van der Waals surface area contributed by atoms with Gasteiger partial charge in [0.2, 0.25) is 5.91 Å². The Kier molecular flexibility index (Phi) is 7.28. The zero-order chi connectivity index (χ0) is 27.8. The van der Waals surface area contributed by atoms with Crippen molar-refractivity contribution in [3.8, 4) is 5.69 Å². The Morgan fingerprint density at radius 3 is 2.38 bits per heavy atom. The maximum Gasteiger partial charge on any atom is 0.226 e. The summed E-state index contributed by atoms with van der Waals surface area (Å²) >= 11 is 5.96. The second-order valence-electron chi connectivity index (χ2n) is 10.6. The molecule has 1 fully saturated rings. The van der Waals surface area contributed by atoms with Gasteiger partial charge in [-0.25, -0.2) is 0 Å². The van der Waals surface area contributed by atoms with Gasteiger partial charge in [0, 0.05) is 40.6 Å². The zero-order valence-corrected chi connectivity index (χ0v) is 24.1. The van der Waals surface area contributed by atoms with Crippen molar-refractivity contribution in [2.75, 3.05) is 10.2 Å². The predicted molar refractivity (Wildman–Crippen MR) is 163 cm³/mol. The summed E-state index contributed by atoms with van der Waals surface area (Å²) in [5.41, 5.74) is 9.61. The molecule has 1 aliphatic rings. The number of benzene rings is 2. The summed E-state index contributed by atoms with van der Waals surface area (Å²) in [5, 5.41) is 7.26. The van der Waals surface area contributed by atoms with Crippen LogP contribution in [-0.4, -0.2) is 20.6 Å². The van der Waals surface area contributed by atoms with Crippen molar-refractivity contribution >= 4 is 34.6 Å². The van der Waals surface area contributed by atoms with Crippen LogP contribution in [0.4, 0.5) is 11.4 Å². The van der Waals surface area contributed by atoms with Gasteiger partial charge in [0.1, 0.15) is 0 Å². The van der Waals surface area contributed by atoms with Crippen molar-refractivity contribution < 1.29 is 4.79 Å². The monoisotopic (exact) mass is 537 g/mol. The summed E-state index contributed by atoms with van der Waals surface area (Å²) in [4.78, 5) is 19.2. The van der Waals surface area contributed by atoms with E-state index in [-0.39, 0.29) is 23.9 Å². The molecule has 2 aromatic carbocycles. The third kappa shape index (κ3) is 4.94. The molecule has 7 heteroatoms. The van der Waals surface area contributed by atoms with Crippen LogP contribution >= 0.6 is 12.2 Å². The lowest BCUT2D eigenvalue weighted by molar-refractivity contribution is -0.118. The van der Waals surface area contributed by atoms with E-state index in [2.05, 4.69) is 77.3 Å². The molecular weight excluding hydrogens is 502 g/mol. The number of amides is 1. The van der Waals surface area contributed by atoms with E-state index in [1.807, 2.05) is 57.3 Å². The van der Waals surface area contributed by atoms with Crippen molar-refractivity contribution in [3.63, 3.8) is 0 Å². The lowest BCUT2D eigenvalue weighted by Crippen LogP contribution is -2.29. The van der Waals surface area contributed by atoms with Gasteiger partial charge >= 0.3 is 0 Å². The fourth-order valence-electron chi connectivity index (χ4n) is 5.44. The van der Waals surface area contributed by atoms with Gasteiger partial charge in [0.05, 0.1) is 17.8 Å². The standard InChI is InChI=1S/C32H35N5OS/c1-19(2)31(38)34-26-15-14-24(17-21(26)4)37-30(29(35-32(37)39)27-12-9-10-16-33-27)25-18-22(5)36(23(25)6)28-13-8-7-11-20(28)3/h7-19,29-30H,1-6H3,(H,34,38)(H,35,39). The van der Waals surface area contributed by atoms with Gasteiger partial charge in [0.25, 0.3) is 0 Å². The topological polar surface area (TPSA) is 62.2 Å². The lowest BCUT2D eigenvalue weighted by atomic mass is 9.96. The Morgan fingerprint density at radius 1 is 0.974 bits per heavy atom. The van der Waals surface area contributed by atoms with Crippen molar-refractivity contribution in [3.05, 3.63) is 107 Å². The van der Waals surface area contributed by atoms with E-state index < -0.39 is 0 Å². The van der Waals surface area contributed by atoms with Crippen LogP contribution in [0.3, 0.4) is 0 Å². The molecule has 3 heterocycles. The summed E-state index contributed by atoms with van der Waals surface area (Å²) < 4.78 is 2.33. The van der Waals surface area contributed by atoms with Gasteiger partial charge in [-0.05, 0) is 99.1 Å². The van der Waals surface area contributed by atoms with Crippen LogP contribution in [0.2, 0.25) is 0 Å². The number of nitrogens with zero attached hydrogens (tertiary/aromatic N) is 3. The van der Waals surface area contributed by atoms with E-state index >= 15 is 0 Å². The highest BCUT2D eigenvalue weighted by molar-refractivity contribution is 7.80. The minimum absolute atomic E-state index is 0.000878. The van der Waals surface area contributed by atoms with Crippen LogP contribution in [0.25, 0.3) is 5.69 Å². The Hall–Kier alpha value is -3.97. The Morgan fingerprint density at radius 2 is 1.72 bits per heavy atom. The number of aryl methyl sites for hydroxylation is 3. The molecular formula is C32H35N5OS. The maximum atomic E-state index is 12.3. The molecule has 0 aliphatic carbocycles. The third-order valence-corrected chi connectivity index (χ3v) is 7.83. The number of hydrogen-bond acceptors (Lipinski definition) is 3. The average Bonchev–Trinajstić information content (AvgIpc) is 3.41. The van der Waals surface area contributed by atoms with E-state index in [9.17, 15) is 4.79 Å². The Bertz CT molecular complexity index is 1540. The number of thiocarbonyl (C=S) groups is 1. The van der Waals surface area contributed by atoms with Gasteiger partial charge in [-0.2, -0.15) is 0 Å². The van der Waals surface area contributed by atoms with Crippen molar-refractivity contribution in [1.82, 2.24) is 14.9 Å². The highest BCUT2D eigenvalue weighted by Crippen LogP contribution is 2.44. The van der Waals surface area contributed by atoms with Crippen LogP contribution < -0.4 is 15.5 Å². The highest BCUT2D eigenvalue weighted by Gasteiger charge is 2.42. The van der Waals surface area contributed by atoms with Crippen LogP contribution in [0.1, 0.15) is 59.7 Å². The molecule has 4 aromatic rings. The zero-order valence-electron chi connectivity index (χ0n) is 23.3. The number of carbonyl (C=O) groups is 1. The van der Waals surface area contributed by atoms with E-state index in [1.165, 1.54) is 22.5 Å². The van der Waals surface area contributed by atoms with Crippen LogP contribution in [0, 0.1) is 33.6 Å². The predicted octanol–water partition coefficient (Wildman–Crippen LogP) is 6.88. The number of nitrogens with one attached hydrogen (secondary N) is 2. The smallest absolute Gasteiger partial charge is 0.226 e. The average molecular weight is 538 g/mol. The molecule has 39 heavy (non-hydrogen) atoms. The van der Waals surface area contributed by atoms with Crippen LogP contribution in [0.5, 0.6) is 0 Å². The highest BCUT2D eigenvalue weighted by atomic mass is 32.1. The number of rotatable bonds is 6. The van der Waals surface area contributed by atoms with Gasteiger partial charge in [0.15, 0.2) is 5.11 Å². The maximum absolute atomic E-state index is 12.3. The molecule has 5 rings (SSSR count). The van der Waals surface area contributed by atoms with Gasteiger partial charge in [-0.15, -0.1) is 0 Å². The molecule has 2 N–H and O–H groups in total. The van der Waals surface area contributed by atoms with Crippen molar-refractivity contribution in [2.45, 2.75) is 53.6 Å². The largest absolute Gasteiger partial charge is 0.351 e. The minimum atomic E-state index is -0.134. The normalized spacial score (nSPS) is 17.0. The summed E-state index contributed by atoms with van der Waals surface area (Å²) in [6, 6.07) is 22.6. The number of para-hydroxylation sites is 1. The van der Waals surface area contributed by atoms with Crippen LogP contribution in [0.15, 0.2) is 72.9 Å². The molecule has 2 unspecified atom stereocenters. The van der Waals surface area contributed by atoms with Crippen molar-refractivity contribution in [2.24, 2.45) is 5.92 Å². The Labute approximate surface area is 236 Å². The van der Waals surface area contributed by atoms with Crippen LogP contribution in [-0.2, 0) is 4.79 Å². The van der Waals surface area contributed by atoms with Crippen molar-refractivity contribution in [1.29, 1.82) is 0 Å². The fourth-order valence-corrected chi connectivity index (χ4v) is 5.78. The quantitative estimate of drug-likeness (QED) is 0.263. The molecule has 2 aromatic heterocycles. The fraction of sp³-hybridized carbons (Fsp3) is 0.281. The molecule has 0 spiro atoms. The summed E-state index contributed by atoms with van der Waals surface area (Å²) in [7, 11) is 0. The molecule has 0 radical (unpaired) electrons. The number of anilines is 2. The first kappa shape index (κ1) is 26.6. The number of carbonyl (C=O) groups excluding carboxylic acids is 1. The molecule has 0 saturated carbocycles. The van der Waals surface area contributed by atoms with E-state index in [4.69, 9.17) is 17.2 Å². The minimum Gasteiger partial charge on any atom is -0.351 e. The lowest BCUT2D eigenvalue weighted by Gasteiger charge is -2.29. The molecule has 6 nitrogen and oxygen atoms in total. The van der Waals surface area contributed by atoms with E-state index in [1.54, 1.807) is 0 Å². The Balaban J connectivity index is 1.63. The molecule has 0 bridgehead atoms. The molecule has 1 amide bonds. The number of pyridine rings is 1.